The molecule has 0 aliphatic carbocycles. The summed E-state index contributed by atoms with van der Waals surface area (Å²) in [4.78, 5) is 5.95. The maximum atomic E-state index is 12.9. The van der Waals surface area contributed by atoms with Gasteiger partial charge in [-0.25, -0.2) is 4.39 Å². The van der Waals surface area contributed by atoms with Crippen molar-refractivity contribution in [2.24, 2.45) is 0 Å². The molecule has 2 rings (SSSR count). The van der Waals surface area contributed by atoms with Crippen LogP contribution in [0, 0.1) is 10.6 Å². The minimum atomic E-state index is -0.278. The van der Waals surface area contributed by atoms with Crippen LogP contribution in [0.3, 0.4) is 0 Å². The highest BCUT2D eigenvalue weighted by atomic mass is 32.2. The highest BCUT2D eigenvalue weighted by Gasteiger charge is 1.97. The third kappa shape index (κ3) is 4.19. The van der Waals surface area contributed by atoms with E-state index in [2.05, 4.69) is 9.97 Å². The molecular formula is C12H13FN2OS2. The maximum absolute atomic E-state index is 12.9. The fourth-order valence-electron chi connectivity index (χ4n) is 1.41. The molecule has 1 heterocycles. The van der Waals surface area contributed by atoms with Crippen LogP contribution in [0.15, 0.2) is 30.5 Å². The van der Waals surface area contributed by atoms with Crippen LogP contribution in [0.1, 0.15) is 5.69 Å². The number of rotatable bonds is 6. The second kappa shape index (κ2) is 6.61. The molecule has 96 valence electrons. The number of ether oxygens (including phenoxy) is 1. The van der Waals surface area contributed by atoms with Crippen LogP contribution in [-0.2, 0) is 5.75 Å². The summed E-state index contributed by atoms with van der Waals surface area (Å²) in [5.74, 6) is 1.97. The van der Waals surface area contributed by atoms with Gasteiger partial charge in [0.25, 0.3) is 0 Å². The number of halogens is 1. The Hall–Kier alpha value is -1.27. The van der Waals surface area contributed by atoms with Crippen LogP contribution in [0.2, 0.25) is 0 Å². The smallest absolute Gasteiger partial charge is 0.174 e. The zero-order chi connectivity index (χ0) is 12.8. The van der Waals surface area contributed by atoms with Gasteiger partial charge < -0.3 is 14.7 Å². The van der Waals surface area contributed by atoms with E-state index in [4.69, 9.17) is 17.0 Å². The van der Waals surface area contributed by atoms with Gasteiger partial charge in [-0.1, -0.05) is 6.07 Å². The summed E-state index contributed by atoms with van der Waals surface area (Å²) < 4.78 is 18.9. The van der Waals surface area contributed by atoms with E-state index in [-0.39, 0.29) is 5.82 Å². The summed E-state index contributed by atoms with van der Waals surface area (Å²) in [7, 11) is 0. The first-order chi connectivity index (χ1) is 8.74. The average molecular weight is 284 g/mol. The van der Waals surface area contributed by atoms with Crippen LogP contribution in [0.25, 0.3) is 0 Å². The third-order valence-electron chi connectivity index (χ3n) is 2.20. The van der Waals surface area contributed by atoms with Gasteiger partial charge in [0.15, 0.2) is 4.77 Å². The SMILES string of the molecule is Fc1cccc(OCCSCc2c[nH]c(=S)[nH]2)c1. The molecule has 0 saturated carbocycles. The Balaban J connectivity index is 1.66. The molecular weight excluding hydrogens is 271 g/mol. The van der Waals surface area contributed by atoms with Crippen molar-refractivity contribution in [2.45, 2.75) is 5.75 Å². The molecule has 0 saturated heterocycles. The fourth-order valence-corrected chi connectivity index (χ4v) is 2.32. The summed E-state index contributed by atoms with van der Waals surface area (Å²) >= 11 is 6.66. The number of hydrogen-bond acceptors (Lipinski definition) is 3. The number of thioether (sulfide) groups is 1. The Kier molecular flexibility index (Phi) is 4.83. The van der Waals surface area contributed by atoms with Crippen LogP contribution in [0.4, 0.5) is 4.39 Å². The van der Waals surface area contributed by atoms with Gasteiger partial charge in [-0.2, -0.15) is 11.8 Å². The zero-order valence-electron chi connectivity index (χ0n) is 9.61. The van der Waals surface area contributed by atoms with E-state index in [1.165, 1.54) is 12.1 Å². The standard InChI is InChI=1S/C12H13FN2OS2/c13-9-2-1-3-11(6-9)16-4-5-18-8-10-7-14-12(17)15-10/h1-3,6-7H,4-5,8H2,(H2,14,15,17). The van der Waals surface area contributed by atoms with Gasteiger partial charge in [-0.05, 0) is 24.4 Å². The molecule has 0 amide bonds. The van der Waals surface area contributed by atoms with Gasteiger partial charge in [0.2, 0.25) is 0 Å². The van der Waals surface area contributed by atoms with Crippen LogP contribution in [0.5, 0.6) is 5.75 Å². The average Bonchev–Trinajstić information content (AvgIpc) is 2.75. The second-order valence-electron chi connectivity index (χ2n) is 3.63. The summed E-state index contributed by atoms with van der Waals surface area (Å²) in [5.41, 5.74) is 1.07. The van der Waals surface area contributed by atoms with E-state index in [1.807, 2.05) is 6.20 Å². The summed E-state index contributed by atoms with van der Waals surface area (Å²) in [6.45, 7) is 0.555. The molecule has 0 aliphatic heterocycles. The first-order valence-electron chi connectivity index (χ1n) is 5.47. The molecule has 0 aliphatic rings. The first-order valence-corrected chi connectivity index (χ1v) is 7.03. The monoisotopic (exact) mass is 284 g/mol. The van der Waals surface area contributed by atoms with Crippen molar-refractivity contribution in [3.8, 4) is 5.75 Å². The molecule has 0 atom stereocenters. The Bertz CT molecular complexity index is 553. The summed E-state index contributed by atoms with van der Waals surface area (Å²) in [5, 5.41) is 0. The molecule has 0 bridgehead atoms. The molecule has 0 fully saturated rings. The lowest BCUT2D eigenvalue weighted by Gasteiger charge is -2.05. The number of aromatic nitrogens is 2. The van der Waals surface area contributed by atoms with Gasteiger partial charge in [0, 0.05) is 29.5 Å². The van der Waals surface area contributed by atoms with Gasteiger partial charge in [-0.15, -0.1) is 0 Å². The molecule has 18 heavy (non-hydrogen) atoms. The maximum Gasteiger partial charge on any atom is 0.174 e. The van der Waals surface area contributed by atoms with Crippen molar-refractivity contribution >= 4 is 24.0 Å². The van der Waals surface area contributed by atoms with Crippen molar-refractivity contribution in [3.05, 3.63) is 46.7 Å². The lowest BCUT2D eigenvalue weighted by Crippen LogP contribution is -2.00. The summed E-state index contributed by atoms with van der Waals surface area (Å²) in [6.07, 6.45) is 1.86. The lowest BCUT2D eigenvalue weighted by molar-refractivity contribution is 0.342. The van der Waals surface area contributed by atoms with E-state index in [9.17, 15) is 4.39 Å². The van der Waals surface area contributed by atoms with Crippen molar-refractivity contribution in [3.63, 3.8) is 0 Å². The minimum absolute atomic E-state index is 0.278. The van der Waals surface area contributed by atoms with Crippen LogP contribution >= 0.6 is 24.0 Å². The van der Waals surface area contributed by atoms with E-state index >= 15 is 0 Å². The van der Waals surface area contributed by atoms with Crippen LogP contribution < -0.4 is 4.74 Å². The molecule has 1 aromatic carbocycles. The number of imidazole rings is 1. The van der Waals surface area contributed by atoms with Gasteiger partial charge in [0.1, 0.15) is 11.6 Å². The number of benzene rings is 1. The Labute approximate surface area is 114 Å². The molecule has 3 nitrogen and oxygen atoms in total. The number of aromatic amines is 2. The van der Waals surface area contributed by atoms with E-state index in [0.29, 0.717) is 17.1 Å². The number of H-pyrrole nitrogens is 2. The molecule has 2 aromatic rings. The van der Waals surface area contributed by atoms with Crippen molar-refractivity contribution in [2.75, 3.05) is 12.4 Å². The van der Waals surface area contributed by atoms with Crippen molar-refractivity contribution < 1.29 is 9.13 Å². The number of nitrogens with one attached hydrogen (secondary N) is 2. The zero-order valence-corrected chi connectivity index (χ0v) is 11.2. The first kappa shape index (κ1) is 13.2. The van der Waals surface area contributed by atoms with E-state index < -0.39 is 0 Å². The Morgan fingerprint density at radius 1 is 1.39 bits per heavy atom. The predicted molar refractivity (Wildman–Crippen MR) is 74.0 cm³/mol. The molecule has 2 N–H and O–H groups in total. The predicted octanol–water partition coefficient (Wildman–Crippen LogP) is 3.52. The van der Waals surface area contributed by atoms with Gasteiger partial charge in [-0.3, -0.25) is 0 Å². The highest BCUT2D eigenvalue weighted by molar-refractivity contribution is 7.98. The molecule has 6 heteroatoms. The Morgan fingerprint density at radius 3 is 3.00 bits per heavy atom. The topological polar surface area (TPSA) is 40.8 Å². The van der Waals surface area contributed by atoms with Crippen molar-refractivity contribution in [1.29, 1.82) is 0 Å². The van der Waals surface area contributed by atoms with Crippen molar-refractivity contribution in [1.82, 2.24) is 9.97 Å². The third-order valence-corrected chi connectivity index (χ3v) is 3.39. The Morgan fingerprint density at radius 2 is 2.28 bits per heavy atom. The van der Waals surface area contributed by atoms with Gasteiger partial charge >= 0.3 is 0 Å². The van der Waals surface area contributed by atoms with E-state index in [1.54, 1.807) is 23.9 Å². The second-order valence-corrected chi connectivity index (χ2v) is 5.14. The molecule has 0 unspecified atom stereocenters. The normalized spacial score (nSPS) is 10.5. The fraction of sp³-hybridized carbons (Fsp3) is 0.250. The van der Waals surface area contributed by atoms with Crippen LogP contribution in [-0.4, -0.2) is 22.3 Å². The molecule has 1 aromatic heterocycles. The highest BCUT2D eigenvalue weighted by Crippen LogP contribution is 2.13. The van der Waals surface area contributed by atoms with Gasteiger partial charge in [0.05, 0.1) is 6.61 Å². The largest absolute Gasteiger partial charge is 0.493 e. The van der Waals surface area contributed by atoms with E-state index in [0.717, 1.165) is 17.2 Å². The lowest BCUT2D eigenvalue weighted by atomic mass is 10.3. The quantitative estimate of drug-likeness (QED) is 0.630. The summed E-state index contributed by atoms with van der Waals surface area (Å²) in [6, 6.07) is 6.17. The molecule has 0 spiro atoms. The minimum Gasteiger partial charge on any atom is -0.493 e. The molecule has 0 radical (unpaired) electrons. The number of hydrogen-bond donors (Lipinski definition) is 2.